The molecule has 10 nitrogen and oxygen atoms in total. The minimum absolute atomic E-state index is 0.148. The summed E-state index contributed by atoms with van der Waals surface area (Å²) in [5, 5.41) is 0. The molecule has 0 aromatic carbocycles. The highest BCUT2D eigenvalue weighted by Crippen LogP contribution is 2.25. The summed E-state index contributed by atoms with van der Waals surface area (Å²) in [4.78, 5) is 43.7. The Morgan fingerprint density at radius 1 is 0.923 bits per heavy atom. The van der Waals surface area contributed by atoms with Crippen LogP contribution in [0.15, 0.2) is 24.3 Å². The van der Waals surface area contributed by atoms with E-state index in [9.17, 15) is 9.59 Å². The minimum Gasteiger partial charge on any atom is -0.460 e. The molecule has 0 saturated carbocycles. The van der Waals surface area contributed by atoms with Gasteiger partial charge in [-0.1, -0.05) is 13.2 Å². The second kappa shape index (κ2) is 14.6. The van der Waals surface area contributed by atoms with Gasteiger partial charge in [-0.05, 0) is 20.8 Å². The number of carbonyl (C=O) groups excluding carboxylic acids is 2. The molecular weight excluding hydrogens is 371 g/mol. The molecule has 0 bridgehead atoms. The molecule has 0 heterocycles. The summed E-state index contributed by atoms with van der Waals surface area (Å²) >= 11 is 0. The topological polar surface area (TPSA) is 149 Å². The number of ether oxygens (including phenoxy) is 4. The normalized spacial score (nSPS) is 11.6. The third kappa shape index (κ3) is 22.4. The van der Waals surface area contributed by atoms with Crippen molar-refractivity contribution in [2.45, 2.75) is 26.9 Å². The highest BCUT2D eigenvalue weighted by Gasteiger charge is 2.06. The van der Waals surface area contributed by atoms with Crippen LogP contribution in [-0.4, -0.2) is 65.8 Å². The van der Waals surface area contributed by atoms with E-state index in [2.05, 4.69) is 13.2 Å². The molecule has 0 aromatic heterocycles. The molecular formula is C15H27O10P. The molecule has 0 amide bonds. The van der Waals surface area contributed by atoms with Gasteiger partial charge in [-0.2, -0.15) is 0 Å². The zero-order chi connectivity index (χ0) is 20.8. The average molecular weight is 398 g/mol. The molecule has 26 heavy (non-hydrogen) atoms. The Balaban J connectivity index is 0. The van der Waals surface area contributed by atoms with Crippen molar-refractivity contribution >= 4 is 19.8 Å². The lowest BCUT2D eigenvalue weighted by Gasteiger charge is -2.13. The first-order valence-corrected chi connectivity index (χ1v) is 9.04. The lowest BCUT2D eigenvalue weighted by molar-refractivity contribution is -0.143. The highest BCUT2D eigenvalue weighted by atomic mass is 31.2. The van der Waals surface area contributed by atoms with Gasteiger partial charge in [0.2, 0.25) is 0 Å². The van der Waals surface area contributed by atoms with Crippen LogP contribution in [0.1, 0.15) is 20.8 Å². The fraction of sp³-hybridized carbons (Fsp3) is 0.600. The summed E-state index contributed by atoms with van der Waals surface area (Å²) in [6.45, 7) is 13.2. The first kappa shape index (κ1) is 26.7. The highest BCUT2D eigenvalue weighted by molar-refractivity contribution is 7.45. The molecule has 1 unspecified atom stereocenters. The molecule has 0 aliphatic heterocycles. The van der Waals surface area contributed by atoms with Gasteiger partial charge in [-0.15, -0.1) is 0 Å². The van der Waals surface area contributed by atoms with Gasteiger partial charge in [0.25, 0.3) is 0 Å². The average Bonchev–Trinajstić information content (AvgIpc) is 2.48. The van der Waals surface area contributed by atoms with E-state index >= 15 is 0 Å². The molecule has 0 spiro atoms. The van der Waals surface area contributed by atoms with E-state index in [-0.39, 0.29) is 32.5 Å². The lowest BCUT2D eigenvalue weighted by atomic mass is 10.4. The fourth-order valence-corrected chi connectivity index (χ4v) is 1.12. The molecule has 1 atom stereocenters. The molecule has 0 radical (unpaired) electrons. The maximum Gasteiger partial charge on any atom is 0.466 e. The summed E-state index contributed by atoms with van der Waals surface area (Å²) in [6, 6.07) is 0. The number of carbonyl (C=O) groups is 2. The molecule has 0 fully saturated rings. The summed E-state index contributed by atoms with van der Waals surface area (Å²) < 4.78 is 29.3. The van der Waals surface area contributed by atoms with Crippen LogP contribution in [0.3, 0.4) is 0 Å². The first-order chi connectivity index (χ1) is 11.8. The van der Waals surface area contributed by atoms with E-state index in [1.165, 1.54) is 0 Å². The van der Waals surface area contributed by atoms with Gasteiger partial charge in [0.15, 0.2) is 0 Å². The predicted octanol–water partition coefficient (Wildman–Crippen LogP) is 0.718. The minimum atomic E-state index is -4.64. The molecule has 0 rings (SSSR count). The van der Waals surface area contributed by atoms with Crippen LogP contribution in [0.25, 0.3) is 0 Å². The second-order valence-electron chi connectivity index (χ2n) is 5.10. The summed E-state index contributed by atoms with van der Waals surface area (Å²) in [5.41, 5.74) is 0.715. The SMILES string of the molecule is C=C(C)C(=O)OCCOCC(C)OCCOC(=O)C(=C)C.O=P(O)(O)O. The maximum absolute atomic E-state index is 11.1. The van der Waals surface area contributed by atoms with Crippen LogP contribution in [0.2, 0.25) is 0 Å². The molecule has 0 aliphatic carbocycles. The monoisotopic (exact) mass is 398 g/mol. The van der Waals surface area contributed by atoms with E-state index in [1.807, 2.05) is 6.92 Å². The van der Waals surface area contributed by atoms with E-state index in [4.69, 9.17) is 38.2 Å². The van der Waals surface area contributed by atoms with Crippen LogP contribution >= 0.6 is 7.82 Å². The van der Waals surface area contributed by atoms with Crippen molar-refractivity contribution in [2.24, 2.45) is 0 Å². The third-order valence-corrected chi connectivity index (χ3v) is 2.23. The Bertz CT molecular complexity index is 502. The predicted molar refractivity (Wildman–Crippen MR) is 92.0 cm³/mol. The van der Waals surface area contributed by atoms with Crippen molar-refractivity contribution in [3.05, 3.63) is 24.3 Å². The summed E-state index contributed by atoms with van der Waals surface area (Å²) in [7, 11) is -4.64. The van der Waals surface area contributed by atoms with Gasteiger partial charge in [-0.3, -0.25) is 0 Å². The zero-order valence-corrected chi connectivity index (χ0v) is 16.1. The number of rotatable bonds is 11. The molecule has 0 aromatic rings. The largest absolute Gasteiger partial charge is 0.466 e. The van der Waals surface area contributed by atoms with Crippen LogP contribution in [0, 0.1) is 0 Å². The van der Waals surface area contributed by atoms with Crippen molar-refractivity contribution in [2.75, 3.05) is 33.0 Å². The molecule has 0 aliphatic rings. The van der Waals surface area contributed by atoms with Crippen LogP contribution < -0.4 is 0 Å². The number of hydrogen-bond acceptors (Lipinski definition) is 7. The third-order valence-electron chi connectivity index (χ3n) is 2.23. The van der Waals surface area contributed by atoms with Gasteiger partial charge in [0.1, 0.15) is 13.2 Å². The quantitative estimate of drug-likeness (QED) is 0.197. The number of esters is 2. The molecule has 11 heteroatoms. The van der Waals surface area contributed by atoms with Crippen molar-refractivity contribution in [1.82, 2.24) is 0 Å². The second-order valence-corrected chi connectivity index (χ2v) is 6.13. The Labute approximate surface area is 152 Å². The molecule has 0 saturated heterocycles. The van der Waals surface area contributed by atoms with Crippen molar-refractivity contribution in [1.29, 1.82) is 0 Å². The van der Waals surface area contributed by atoms with Crippen molar-refractivity contribution < 1.29 is 47.8 Å². The fourth-order valence-electron chi connectivity index (χ4n) is 1.12. The Kier molecular flexibility index (Phi) is 15.0. The summed E-state index contributed by atoms with van der Waals surface area (Å²) in [6.07, 6.45) is -0.148. The van der Waals surface area contributed by atoms with Gasteiger partial charge < -0.3 is 33.6 Å². The van der Waals surface area contributed by atoms with Gasteiger partial charge in [-0.25, -0.2) is 14.2 Å². The smallest absolute Gasteiger partial charge is 0.460 e. The van der Waals surface area contributed by atoms with Crippen LogP contribution in [-0.2, 0) is 33.1 Å². The van der Waals surface area contributed by atoms with E-state index in [1.54, 1.807) is 13.8 Å². The Hall–Kier alpha value is -1.55. The first-order valence-electron chi connectivity index (χ1n) is 7.47. The van der Waals surface area contributed by atoms with Crippen LogP contribution in [0.4, 0.5) is 0 Å². The van der Waals surface area contributed by atoms with E-state index in [0.29, 0.717) is 17.8 Å². The standard InChI is InChI=1S/C15H24O6.H3O4P/c1-11(2)14(16)20-7-6-18-10-13(5)19-8-9-21-15(17)12(3)4;1-5(2,3)4/h13H,1,3,6-10H2,2,4-5H3;(H3,1,2,3,4). The lowest BCUT2D eigenvalue weighted by Crippen LogP contribution is -2.21. The number of phosphoric acid groups is 1. The van der Waals surface area contributed by atoms with Crippen LogP contribution in [0.5, 0.6) is 0 Å². The number of hydrogen-bond donors (Lipinski definition) is 3. The molecule has 152 valence electrons. The van der Waals surface area contributed by atoms with Gasteiger partial charge in [0.05, 0.1) is 25.9 Å². The van der Waals surface area contributed by atoms with Gasteiger partial charge in [0, 0.05) is 11.1 Å². The zero-order valence-electron chi connectivity index (χ0n) is 15.2. The van der Waals surface area contributed by atoms with Crippen molar-refractivity contribution in [3.63, 3.8) is 0 Å². The van der Waals surface area contributed by atoms with E-state index < -0.39 is 19.8 Å². The Morgan fingerprint density at radius 3 is 1.69 bits per heavy atom. The Morgan fingerprint density at radius 2 is 1.31 bits per heavy atom. The molecule has 3 N–H and O–H groups in total. The summed E-state index contributed by atoms with van der Waals surface area (Å²) in [5.74, 6) is -0.857. The van der Waals surface area contributed by atoms with E-state index in [0.717, 1.165) is 0 Å². The van der Waals surface area contributed by atoms with Gasteiger partial charge >= 0.3 is 19.8 Å². The van der Waals surface area contributed by atoms with Crippen molar-refractivity contribution in [3.8, 4) is 0 Å². The maximum atomic E-state index is 11.1.